The van der Waals surface area contributed by atoms with Crippen LogP contribution in [-0.4, -0.2) is 83.2 Å². The number of likely N-dealkylation sites (N-methyl/N-ethyl adjacent to an activating group) is 1. The Morgan fingerprint density at radius 3 is 2.39 bits per heavy atom. The van der Waals surface area contributed by atoms with Crippen molar-refractivity contribution in [2.24, 2.45) is 0 Å². The summed E-state index contributed by atoms with van der Waals surface area (Å²) in [6, 6.07) is 19.3. The Morgan fingerprint density at radius 1 is 0.976 bits per heavy atom. The number of halogens is 2. The van der Waals surface area contributed by atoms with Gasteiger partial charge in [0.2, 0.25) is 0 Å². The summed E-state index contributed by atoms with van der Waals surface area (Å²) in [5.41, 5.74) is 4.41. The van der Waals surface area contributed by atoms with Crippen LogP contribution in [0.4, 0.5) is 4.39 Å². The second kappa shape index (κ2) is 11.4. The van der Waals surface area contributed by atoms with Crippen molar-refractivity contribution in [2.45, 2.75) is 36.9 Å². The van der Waals surface area contributed by atoms with Crippen molar-refractivity contribution in [3.05, 3.63) is 66.5 Å². The van der Waals surface area contributed by atoms with E-state index in [1.165, 1.54) is 6.07 Å². The van der Waals surface area contributed by atoms with E-state index in [0.29, 0.717) is 34.8 Å². The molecule has 0 saturated carbocycles. The van der Waals surface area contributed by atoms with Crippen LogP contribution in [0.5, 0.6) is 11.6 Å². The van der Waals surface area contributed by atoms with Crippen LogP contribution < -0.4 is 9.47 Å². The number of likely N-dealkylation sites (tertiary alicyclic amines) is 1. The molecule has 11 heteroatoms. The molecule has 0 aliphatic carbocycles. The van der Waals surface area contributed by atoms with Gasteiger partial charge in [-0.15, -0.1) is 0 Å². The minimum absolute atomic E-state index is 0.235. The van der Waals surface area contributed by atoms with E-state index >= 15 is 4.39 Å². The van der Waals surface area contributed by atoms with E-state index < -0.39 is 11.9 Å². The van der Waals surface area contributed by atoms with Crippen LogP contribution in [0.3, 0.4) is 0 Å². The fourth-order valence-corrected chi connectivity index (χ4v) is 7.85. The molecule has 8 nitrogen and oxygen atoms in total. The number of fused-ring (bicyclic) bond motifs is 2. The monoisotopic (exact) mass is 689 g/mol. The van der Waals surface area contributed by atoms with E-state index in [0.717, 1.165) is 36.4 Å². The Labute approximate surface area is 252 Å². The molecule has 0 spiro atoms. The van der Waals surface area contributed by atoms with Crippen molar-refractivity contribution in [3.8, 4) is 34.0 Å². The van der Waals surface area contributed by atoms with Crippen LogP contribution in [-0.2, 0) is 9.47 Å². The van der Waals surface area contributed by atoms with Gasteiger partial charge in [-0.1, -0.05) is 36.4 Å². The number of ether oxygens (including phenoxy) is 4. The molecular formula is C30H30FIN3O5P. The van der Waals surface area contributed by atoms with Gasteiger partial charge in [0.05, 0.1) is 30.6 Å². The average molecular weight is 689 g/mol. The largest absolute Gasteiger partial charge is 0.489 e. The maximum atomic E-state index is 15.4. The molecule has 3 aliphatic rings. The third-order valence-corrected chi connectivity index (χ3v) is 10.1. The van der Waals surface area contributed by atoms with Crippen LogP contribution in [0.1, 0.15) is 6.42 Å². The highest BCUT2D eigenvalue weighted by Gasteiger charge is 2.48. The zero-order valence-electron chi connectivity index (χ0n) is 22.4. The highest BCUT2D eigenvalue weighted by atomic mass is 127. The van der Waals surface area contributed by atoms with Gasteiger partial charge in [-0.25, -0.2) is 9.37 Å². The summed E-state index contributed by atoms with van der Waals surface area (Å²) >= 11 is 2.25. The number of rotatable bonds is 7. The van der Waals surface area contributed by atoms with Crippen molar-refractivity contribution in [2.75, 3.05) is 33.4 Å². The molecule has 5 heterocycles. The maximum absolute atomic E-state index is 15.4. The topological polar surface area (TPSA) is 78.2 Å². The van der Waals surface area contributed by atoms with E-state index in [9.17, 15) is 5.11 Å². The number of hydrogen-bond donors (Lipinski definition) is 1. The summed E-state index contributed by atoms with van der Waals surface area (Å²) in [4.78, 5) is 6.98. The lowest BCUT2D eigenvalue weighted by Crippen LogP contribution is -2.34. The van der Waals surface area contributed by atoms with Gasteiger partial charge in [0, 0.05) is 30.8 Å². The number of nitrogens with zero attached hydrogens (tertiary/aromatic N) is 3. The van der Waals surface area contributed by atoms with Crippen LogP contribution in [0.25, 0.3) is 33.4 Å². The van der Waals surface area contributed by atoms with Gasteiger partial charge in [0.1, 0.15) is 35.9 Å². The van der Waals surface area contributed by atoms with Crippen LogP contribution in [0.2, 0.25) is 0 Å². The lowest BCUT2D eigenvalue weighted by molar-refractivity contribution is 0.00776. The Kier molecular flexibility index (Phi) is 7.64. The molecule has 3 aliphatic heterocycles. The molecule has 3 saturated heterocycles. The zero-order chi connectivity index (χ0) is 28.1. The van der Waals surface area contributed by atoms with Gasteiger partial charge in [0.25, 0.3) is 0 Å². The molecule has 214 valence electrons. The summed E-state index contributed by atoms with van der Waals surface area (Å²) in [6.07, 6.45) is -0.141. The Bertz CT molecular complexity index is 1550. The molecule has 3 unspecified atom stereocenters. The summed E-state index contributed by atoms with van der Waals surface area (Å²) in [6.45, 7) is 2.58. The third-order valence-electron chi connectivity index (χ3n) is 8.04. The summed E-state index contributed by atoms with van der Waals surface area (Å²) in [7, 11) is 2.11. The van der Waals surface area contributed by atoms with Gasteiger partial charge in [-0.2, -0.15) is 0 Å². The Morgan fingerprint density at radius 2 is 1.68 bits per heavy atom. The number of benzene rings is 2. The van der Waals surface area contributed by atoms with E-state index in [2.05, 4.69) is 46.1 Å². The zero-order valence-corrected chi connectivity index (χ0v) is 25.5. The molecule has 0 radical (unpaired) electrons. The molecule has 0 amide bonds. The first kappa shape index (κ1) is 27.5. The van der Waals surface area contributed by atoms with Crippen molar-refractivity contribution < 1.29 is 28.4 Å². The molecule has 2 aromatic heterocycles. The minimum Gasteiger partial charge on any atom is -0.489 e. The molecule has 2 aromatic carbocycles. The van der Waals surface area contributed by atoms with Gasteiger partial charge in [-0.3, -0.25) is 4.34 Å². The predicted octanol–water partition coefficient (Wildman–Crippen LogP) is 5.29. The second-order valence-electron chi connectivity index (χ2n) is 10.8. The van der Waals surface area contributed by atoms with Gasteiger partial charge in [0.15, 0.2) is 17.8 Å². The molecule has 0 bridgehead atoms. The number of aliphatic hydroxyl groups excluding tert-OH is 1. The first-order valence-corrected chi connectivity index (χ1v) is 17.8. The number of hydrogen-bond acceptors (Lipinski definition) is 7. The average Bonchev–Trinajstić information content (AvgIpc) is 3.75. The molecule has 4 aromatic rings. The fourth-order valence-electron chi connectivity index (χ4n) is 5.89. The van der Waals surface area contributed by atoms with E-state index in [-0.39, 0.29) is 37.4 Å². The lowest BCUT2D eigenvalue weighted by atomic mass is 10.0. The van der Waals surface area contributed by atoms with E-state index in [1.54, 1.807) is 0 Å². The summed E-state index contributed by atoms with van der Waals surface area (Å²) < 4.78 is 41.1. The standard InChI is InChI=1S/C30H30FIN3O5P/c1-34-11-10-21(14-34)39-20-8-6-18(7-9-20)17-2-4-19(5-3-17)28-22(31)12-24-23(33-28)13-27(35(24)41-32)40-26-16-38-29-25(36)15-37-30(26)29/h2-9,12-13,21,25-26,29-30,36,41H,10-11,14-16H2,1H3/t21?,25-,26-,29?,30-/m1/s1. The summed E-state index contributed by atoms with van der Waals surface area (Å²) in [5, 5.41) is 10.0. The van der Waals surface area contributed by atoms with Gasteiger partial charge in [-0.05, 0) is 58.8 Å². The lowest BCUT2D eigenvalue weighted by Gasteiger charge is -2.18. The first-order valence-electron chi connectivity index (χ1n) is 13.7. The molecular weight excluding hydrogens is 659 g/mol. The highest BCUT2D eigenvalue weighted by Crippen LogP contribution is 2.40. The van der Waals surface area contributed by atoms with Crippen LogP contribution in [0, 0.1) is 5.82 Å². The van der Waals surface area contributed by atoms with E-state index in [1.807, 2.05) is 46.8 Å². The van der Waals surface area contributed by atoms with Crippen molar-refractivity contribution >= 4 is 39.4 Å². The highest BCUT2D eigenvalue weighted by molar-refractivity contribution is 14.2. The number of pyridine rings is 1. The predicted molar refractivity (Wildman–Crippen MR) is 165 cm³/mol. The molecule has 1 N–H and O–H groups in total. The third kappa shape index (κ3) is 5.34. The van der Waals surface area contributed by atoms with Crippen molar-refractivity contribution in [1.29, 1.82) is 0 Å². The maximum Gasteiger partial charge on any atom is 0.200 e. The SMILES string of the molecule is CN1CCC(Oc2ccc(-c3ccc(-c4nc5cc(O[C@@H]6COC7[C@H](O)CO[C@@H]76)n(PI)c5cc4F)cc3)cc2)C1. The molecule has 3 fully saturated rings. The first-order chi connectivity index (χ1) is 20.0. The second-order valence-corrected chi connectivity index (χ2v) is 12.9. The van der Waals surface area contributed by atoms with Crippen LogP contribution >= 0.6 is 28.4 Å². The molecule has 6 atom stereocenters. The molecule has 41 heavy (non-hydrogen) atoms. The quantitative estimate of drug-likeness (QED) is 0.209. The Balaban J connectivity index is 1.10. The summed E-state index contributed by atoms with van der Waals surface area (Å²) in [5.74, 6) is 1.07. The smallest absolute Gasteiger partial charge is 0.200 e. The number of aromatic nitrogens is 2. The molecule has 7 rings (SSSR count). The van der Waals surface area contributed by atoms with Gasteiger partial charge < -0.3 is 29.0 Å². The van der Waals surface area contributed by atoms with Crippen molar-refractivity contribution in [3.63, 3.8) is 0 Å². The van der Waals surface area contributed by atoms with E-state index in [4.69, 9.17) is 23.9 Å². The fraction of sp³-hybridized carbons (Fsp3) is 0.367. The number of aliphatic hydroxyl groups is 1. The van der Waals surface area contributed by atoms with Crippen molar-refractivity contribution in [1.82, 2.24) is 14.2 Å². The minimum atomic E-state index is -0.645. The van der Waals surface area contributed by atoms with Crippen LogP contribution in [0.15, 0.2) is 60.7 Å². The van der Waals surface area contributed by atoms with Gasteiger partial charge >= 0.3 is 0 Å². The Hall–Kier alpha value is -2.34. The normalized spacial score (nSPS) is 26.4.